The Morgan fingerprint density at radius 3 is 2.50 bits per heavy atom. The summed E-state index contributed by atoms with van der Waals surface area (Å²) in [4.78, 5) is 19.4. The predicted octanol–water partition coefficient (Wildman–Crippen LogP) is 4.53. The van der Waals surface area contributed by atoms with Gasteiger partial charge in [0.05, 0.1) is 29.3 Å². The summed E-state index contributed by atoms with van der Waals surface area (Å²) < 4.78 is 5.80. The van der Waals surface area contributed by atoms with E-state index < -0.39 is 0 Å². The number of anilines is 2. The summed E-state index contributed by atoms with van der Waals surface area (Å²) in [6.45, 7) is 5.96. The molecule has 1 aliphatic rings. The molecule has 6 heteroatoms. The van der Waals surface area contributed by atoms with Crippen LogP contribution in [0.15, 0.2) is 60.0 Å². The molecule has 2 aromatic carbocycles. The lowest BCUT2D eigenvalue weighted by atomic mass is 10.2. The maximum Gasteiger partial charge on any atom is 0.230 e. The van der Waals surface area contributed by atoms with Gasteiger partial charge >= 0.3 is 0 Å². The number of hydrogen-bond donors (Lipinski definition) is 1. The van der Waals surface area contributed by atoms with Crippen molar-refractivity contribution in [2.24, 2.45) is 0 Å². The van der Waals surface area contributed by atoms with Gasteiger partial charge in [0, 0.05) is 36.3 Å². The molecule has 4 rings (SSSR count). The molecular weight excluding hydrogens is 394 g/mol. The van der Waals surface area contributed by atoms with Crippen molar-refractivity contribution in [2.45, 2.75) is 38.9 Å². The van der Waals surface area contributed by atoms with Crippen molar-refractivity contribution in [2.75, 3.05) is 23.3 Å². The zero-order valence-electron chi connectivity index (χ0n) is 17.4. The van der Waals surface area contributed by atoms with Crippen molar-refractivity contribution < 1.29 is 9.53 Å². The van der Waals surface area contributed by atoms with Gasteiger partial charge in [-0.1, -0.05) is 30.3 Å². The van der Waals surface area contributed by atoms with Gasteiger partial charge in [0.1, 0.15) is 0 Å². The number of thiazole rings is 1. The number of hydrogen-bond acceptors (Lipinski definition) is 5. The van der Waals surface area contributed by atoms with E-state index in [-0.39, 0.29) is 24.5 Å². The second-order valence-corrected chi connectivity index (χ2v) is 8.77. The Balaban J connectivity index is 1.31. The number of carbonyl (C=O) groups excluding carboxylic acids is 1. The molecule has 0 bridgehead atoms. The molecule has 0 saturated carbocycles. The minimum atomic E-state index is -0.0482. The van der Waals surface area contributed by atoms with Gasteiger partial charge in [-0.15, -0.1) is 11.3 Å². The fraction of sp³-hybridized carbons (Fsp3) is 0.333. The second-order valence-electron chi connectivity index (χ2n) is 7.83. The summed E-state index contributed by atoms with van der Waals surface area (Å²) in [6, 6.07) is 18.3. The van der Waals surface area contributed by atoms with Crippen LogP contribution in [0.1, 0.15) is 30.1 Å². The number of amides is 1. The molecule has 2 heterocycles. The Morgan fingerprint density at radius 2 is 1.80 bits per heavy atom. The van der Waals surface area contributed by atoms with Crippen LogP contribution in [0.4, 0.5) is 11.4 Å². The molecule has 1 saturated heterocycles. The average molecular weight is 422 g/mol. The van der Waals surface area contributed by atoms with Gasteiger partial charge in [-0.3, -0.25) is 4.79 Å². The molecule has 1 N–H and O–H groups in total. The molecule has 1 amide bonds. The summed E-state index contributed by atoms with van der Waals surface area (Å²) in [6.07, 6.45) is 1.52. The number of rotatable bonds is 6. The lowest BCUT2D eigenvalue weighted by molar-refractivity contribution is -0.115. The fourth-order valence-corrected chi connectivity index (χ4v) is 4.62. The molecule has 1 aromatic heterocycles. The van der Waals surface area contributed by atoms with Crippen LogP contribution >= 0.6 is 11.3 Å². The standard InChI is InChI=1S/C24H27N3O2S/c1-17-14-27(15-18(2)29-17)22-10-8-20(9-11-22)25-23(28)13-21-16-30-24(26-21)12-19-6-4-3-5-7-19/h3-11,16-18H,12-15H2,1-2H3,(H,25,28). The van der Waals surface area contributed by atoms with Crippen molar-refractivity contribution in [1.29, 1.82) is 0 Å². The summed E-state index contributed by atoms with van der Waals surface area (Å²) in [5.41, 5.74) is 4.00. The number of nitrogens with zero attached hydrogens (tertiary/aromatic N) is 2. The highest BCUT2D eigenvalue weighted by molar-refractivity contribution is 7.09. The summed E-state index contributed by atoms with van der Waals surface area (Å²) >= 11 is 1.60. The molecular formula is C24H27N3O2S. The maximum atomic E-state index is 12.4. The SMILES string of the molecule is CC1CN(c2ccc(NC(=O)Cc3csc(Cc4ccccc4)n3)cc2)CC(C)O1. The van der Waals surface area contributed by atoms with Crippen LogP contribution in [-0.4, -0.2) is 36.2 Å². The number of nitrogens with one attached hydrogen (secondary N) is 1. The van der Waals surface area contributed by atoms with Crippen LogP contribution in [0.2, 0.25) is 0 Å². The lowest BCUT2D eigenvalue weighted by Crippen LogP contribution is -2.45. The Morgan fingerprint density at radius 1 is 1.10 bits per heavy atom. The number of benzene rings is 2. The molecule has 2 atom stereocenters. The van der Waals surface area contributed by atoms with Crippen LogP contribution in [0, 0.1) is 0 Å². The third-order valence-electron chi connectivity index (χ3n) is 5.07. The van der Waals surface area contributed by atoms with E-state index >= 15 is 0 Å². The van der Waals surface area contributed by atoms with E-state index in [9.17, 15) is 4.79 Å². The first kappa shape index (κ1) is 20.6. The number of aromatic nitrogens is 1. The van der Waals surface area contributed by atoms with Crippen LogP contribution < -0.4 is 10.2 Å². The molecule has 3 aromatic rings. The van der Waals surface area contributed by atoms with E-state index in [1.54, 1.807) is 11.3 Å². The average Bonchev–Trinajstić information content (AvgIpc) is 3.15. The van der Waals surface area contributed by atoms with Gasteiger partial charge in [-0.2, -0.15) is 0 Å². The Bertz CT molecular complexity index is 962. The van der Waals surface area contributed by atoms with E-state index in [0.29, 0.717) is 0 Å². The molecule has 0 radical (unpaired) electrons. The fourth-order valence-electron chi connectivity index (χ4n) is 3.80. The van der Waals surface area contributed by atoms with Gasteiger partial charge in [-0.05, 0) is 43.7 Å². The highest BCUT2D eigenvalue weighted by Gasteiger charge is 2.22. The van der Waals surface area contributed by atoms with Crippen molar-refractivity contribution in [3.05, 3.63) is 76.2 Å². The summed E-state index contributed by atoms with van der Waals surface area (Å²) in [7, 11) is 0. The third kappa shape index (κ3) is 5.46. The van der Waals surface area contributed by atoms with Gasteiger partial charge in [0.25, 0.3) is 0 Å². The number of ether oxygens (including phenoxy) is 1. The molecule has 30 heavy (non-hydrogen) atoms. The largest absolute Gasteiger partial charge is 0.372 e. The Labute approximate surface area is 181 Å². The monoisotopic (exact) mass is 421 g/mol. The topological polar surface area (TPSA) is 54.5 Å². The van der Waals surface area contributed by atoms with Crippen molar-refractivity contribution in [1.82, 2.24) is 4.98 Å². The predicted molar refractivity (Wildman–Crippen MR) is 122 cm³/mol. The van der Waals surface area contributed by atoms with Gasteiger partial charge in [0.15, 0.2) is 0 Å². The van der Waals surface area contributed by atoms with Crippen LogP contribution in [0.3, 0.4) is 0 Å². The van der Waals surface area contributed by atoms with E-state index in [4.69, 9.17) is 4.74 Å². The van der Waals surface area contributed by atoms with E-state index in [2.05, 4.69) is 53.3 Å². The minimum absolute atomic E-state index is 0.0482. The first-order chi connectivity index (χ1) is 14.5. The first-order valence-electron chi connectivity index (χ1n) is 10.3. The van der Waals surface area contributed by atoms with Crippen molar-refractivity contribution >= 4 is 28.6 Å². The molecule has 0 aliphatic carbocycles. The van der Waals surface area contributed by atoms with Gasteiger partial charge in [-0.25, -0.2) is 4.98 Å². The molecule has 156 valence electrons. The first-order valence-corrected chi connectivity index (χ1v) is 11.2. The highest BCUT2D eigenvalue weighted by atomic mass is 32.1. The maximum absolute atomic E-state index is 12.4. The number of carbonyl (C=O) groups is 1. The van der Waals surface area contributed by atoms with Gasteiger partial charge < -0.3 is 15.0 Å². The Hall–Kier alpha value is -2.70. The van der Waals surface area contributed by atoms with Crippen molar-refractivity contribution in [3.63, 3.8) is 0 Å². The summed E-state index contributed by atoms with van der Waals surface area (Å²) in [5, 5.41) is 5.98. The van der Waals surface area contributed by atoms with E-state index in [0.717, 1.165) is 41.6 Å². The zero-order valence-corrected chi connectivity index (χ0v) is 18.2. The smallest absolute Gasteiger partial charge is 0.230 e. The third-order valence-corrected chi connectivity index (χ3v) is 5.97. The second kappa shape index (κ2) is 9.41. The van der Waals surface area contributed by atoms with E-state index in [1.807, 2.05) is 35.7 Å². The highest BCUT2D eigenvalue weighted by Crippen LogP contribution is 2.22. The van der Waals surface area contributed by atoms with Crippen LogP contribution in [-0.2, 0) is 22.4 Å². The number of morpholine rings is 1. The van der Waals surface area contributed by atoms with Crippen LogP contribution in [0.25, 0.3) is 0 Å². The van der Waals surface area contributed by atoms with E-state index in [1.165, 1.54) is 5.56 Å². The molecule has 5 nitrogen and oxygen atoms in total. The molecule has 2 unspecified atom stereocenters. The molecule has 0 spiro atoms. The quantitative estimate of drug-likeness (QED) is 0.635. The molecule has 1 fully saturated rings. The lowest BCUT2D eigenvalue weighted by Gasteiger charge is -2.36. The zero-order chi connectivity index (χ0) is 20.9. The van der Waals surface area contributed by atoms with Gasteiger partial charge in [0.2, 0.25) is 5.91 Å². The normalized spacial score (nSPS) is 18.9. The van der Waals surface area contributed by atoms with Crippen molar-refractivity contribution in [3.8, 4) is 0 Å². The molecule has 1 aliphatic heterocycles. The Kier molecular flexibility index (Phi) is 6.45. The van der Waals surface area contributed by atoms with Crippen LogP contribution in [0.5, 0.6) is 0 Å². The summed E-state index contributed by atoms with van der Waals surface area (Å²) in [5.74, 6) is -0.0482. The minimum Gasteiger partial charge on any atom is -0.372 e.